The summed E-state index contributed by atoms with van der Waals surface area (Å²) in [4.78, 5) is 12.9. The Balaban J connectivity index is 1.58. The van der Waals surface area contributed by atoms with Crippen molar-refractivity contribution in [2.24, 2.45) is 5.92 Å². The average Bonchev–Trinajstić information content (AvgIpc) is 3.08. The molecule has 0 aliphatic heterocycles. The lowest BCUT2D eigenvalue weighted by atomic mass is 9.85. The molecule has 1 aromatic heterocycles. The molecule has 0 saturated heterocycles. The number of hydrogen-bond acceptors (Lipinski definition) is 2. The quantitative estimate of drug-likeness (QED) is 0.745. The van der Waals surface area contributed by atoms with E-state index in [2.05, 4.69) is 10.4 Å². The van der Waals surface area contributed by atoms with Crippen LogP contribution in [0.25, 0.3) is 5.69 Å². The number of nitrogens with zero attached hydrogens (tertiary/aromatic N) is 2. The number of amides is 1. The highest BCUT2D eigenvalue weighted by Gasteiger charge is 2.42. The summed E-state index contributed by atoms with van der Waals surface area (Å²) in [6, 6.07) is 5.39. The van der Waals surface area contributed by atoms with Crippen LogP contribution < -0.4 is 5.32 Å². The van der Waals surface area contributed by atoms with E-state index in [1.165, 1.54) is 12.1 Å². The van der Waals surface area contributed by atoms with Crippen LogP contribution in [-0.2, 0) is 12.8 Å². The van der Waals surface area contributed by atoms with E-state index in [1.54, 1.807) is 16.8 Å². The third-order valence-electron chi connectivity index (χ3n) is 5.94. The standard InChI is InChI=1S/C21H23F4N3O/c22-14-8-10-16(11-9-14)28-18-7-2-1-6-17(18)19(27-28)20(29)26-15-5-3-4-13(12-15)21(23,24)25/h8-11,13,15H,1-7,12H2,(H,26,29). The Morgan fingerprint density at radius 2 is 1.79 bits per heavy atom. The summed E-state index contributed by atoms with van der Waals surface area (Å²) < 4.78 is 54.1. The molecule has 0 radical (unpaired) electrons. The van der Waals surface area contributed by atoms with Crippen molar-refractivity contribution in [3.05, 3.63) is 47.0 Å². The molecule has 1 heterocycles. The van der Waals surface area contributed by atoms with Crippen LogP contribution in [-0.4, -0.2) is 27.9 Å². The predicted octanol–water partition coefficient (Wildman–Crippen LogP) is 4.74. The second kappa shape index (κ2) is 7.80. The zero-order chi connectivity index (χ0) is 20.6. The van der Waals surface area contributed by atoms with Gasteiger partial charge >= 0.3 is 6.18 Å². The number of alkyl halides is 3. The van der Waals surface area contributed by atoms with Crippen molar-refractivity contribution in [1.82, 2.24) is 15.1 Å². The second-order valence-electron chi connectivity index (χ2n) is 7.94. The summed E-state index contributed by atoms with van der Waals surface area (Å²) >= 11 is 0. The fraction of sp³-hybridized carbons (Fsp3) is 0.524. The normalized spacial score (nSPS) is 22.2. The van der Waals surface area contributed by atoms with Crippen molar-refractivity contribution in [2.75, 3.05) is 0 Å². The molecule has 0 bridgehead atoms. The molecule has 1 N–H and O–H groups in total. The van der Waals surface area contributed by atoms with E-state index in [1.807, 2.05) is 0 Å². The van der Waals surface area contributed by atoms with Crippen LogP contribution in [0.15, 0.2) is 24.3 Å². The molecule has 8 heteroatoms. The van der Waals surface area contributed by atoms with Gasteiger partial charge in [0, 0.05) is 17.3 Å². The minimum Gasteiger partial charge on any atom is -0.348 e. The Morgan fingerprint density at radius 1 is 1.07 bits per heavy atom. The maximum atomic E-state index is 13.3. The maximum absolute atomic E-state index is 13.3. The topological polar surface area (TPSA) is 46.9 Å². The summed E-state index contributed by atoms with van der Waals surface area (Å²) in [5.41, 5.74) is 2.71. The van der Waals surface area contributed by atoms with E-state index in [0.717, 1.165) is 30.5 Å². The van der Waals surface area contributed by atoms with Crippen molar-refractivity contribution in [1.29, 1.82) is 0 Å². The predicted molar refractivity (Wildman–Crippen MR) is 99.4 cm³/mol. The van der Waals surface area contributed by atoms with Gasteiger partial charge in [-0.05, 0) is 69.2 Å². The van der Waals surface area contributed by atoms with Crippen LogP contribution in [0.4, 0.5) is 17.6 Å². The number of rotatable bonds is 3. The van der Waals surface area contributed by atoms with Crippen molar-refractivity contribution in [2.45, 2.75) is 63.6 Å². The molecule has 2 aromatic rings. The van der Waals surface area contributed by atoms with E-state index in [0.29, 0.717) is 24.9 Å². The summed E-state index contributed by atoms with van der Waals surface area (Å²) in [6.45, 7) is 0. The lowest BCUT2D eigenvalue weighted by Gasteiger charge is -2.30. The molecule has 1 aromatic carbocycles. The maximum Gasteiger partial charge on any atom is 0.391 e. The summed E-state index contributed by atoms with van der Waals surface area (Å²) in [5, 5.41) is 7.27. The molecule has 0 spiro atoms. The first-order chi connectivity index (χ1) is 13.8. The molecule has 4 nitrogen and oxygen atoms in total. The SMILES string of the molecule is O=C(NC1CCCC(C(F)(F)F)C1)c1nn(-c2ccc(F)cc2)c2c1CCCC2. The molecule has 4 rings (SSSR count). The van der Waals surface area contributed by atoms with Gasteiger partial charge in [0.2, 0.25) is 0 Å². The van der Waals surface area contributed by atoms with Gasteiger partial charge in [0.05, 0.1) is 11.6 Å². The number of benzene rings is 1. The number of carbonyl (C=O) groups excluding carboxylic acids is 1. The first-order valence-electron chi connectivity index (χ1n) is 10.1. The van der Waals surface area contributed by atoms with E-state index in [4.69, 9.17) is 0 Å². The molecule has 1 saturated carbocycles. The van der Waals surface area contributed by atoms with Crippen molar-refractivity contribution in [3.8, 4) is 5.69 Å². The minimum atomic E-state index is -4.23. The van der Waals surface area contributed by atoms with Crippen LogP contribution >= 0.6 is 0 Å². The highest BCUT2D eigenvalue weighted by molar-refractivity contribution is 5.94. The van der Waals surface area contributed by atoms with E-state index in [-0.39, 0.29) is 24.4 Å². The zero-order valence-corrected chi connectivity index (χ0v) is 15.9. The molecule has 1 fully saturated rings. The van der Waals surface area contributed by atoms with Gasteiger partial charge in [-0.15, -0.1) is 0 Å². The van der Waals surface area contributed by atoms with Crippen LogP contribution in [0.2, 0.25) is 0 Å². The van der Waals surface area contributed by atoms with Gasteiger partial charge < -0.3 is 5.32 Å². The minimum absolute atomic E-state index is 0.0872. The lowest BCUT2D eigenvalue weighted by Crippen LogP contribution is -2.42. The first-order valence-corrected chi connectivity index (χ1v) is 10.1. The first kappa shape index (κ1) is 19.9. The van der Waals surface area contributed by atoms with Gasteiger partial charge in [0.25, 0.3) is 5.91 Å². The summed E-state index contributed by atoms with van der Waals surface area (Å²) in [5.74, 6) is -2.15. The highest BCUT2D eigenvalue weighted by atomic mass is 19.4. The largest absolute Gasteiger partial charge is 0.391 e. The van der Waals surface area contributed by atoms with Crippen molar-refractivity contribution < 1.29 is 22.4 Å². The van der Waals surface area contributed by atoms with Crippen molar-refractivity contribution in [3.63, 3.8) is 0 Å². The Labute approximate surface area is 166 Å². The molecular formula is C21H23F4N3O. The Hall–Kier alpha value is -2.38. The number of nitrogens with one attached hydrogen (secondary N) is 1. The smallest absolute Gasteiger partial charge is 0.348 e. The van der Waals surface area contributed by atoms with Gasteiger partial charge in [-0.25, -0.2) is 9.07 Å². The Bertz CT molecular complexity index is 889. The molecule has 2 aliphatic rings. The Morgan fingerprint density at radius 3 is 2.52 bits per heavy atom. The molecule has 2 aliphatic carbocycles. The van der Waals surface area contributed by atoms with E-state index in [9.17, 15) is 22.4 Å². The summed E-state index contributed by atoms with van der Waals surface area (Å²) in [7, 11) is 0. The van der Waals surface area contributed by atoms with Gasteiger partial charge in [0.1, 0.15) is 5.82 Å². The van der Waals surface area contributed by atoms with Crippen LogP contribution in [0.1, 0.15) is 60.3 Å². The third-order valence-corrected chi connectivity index (χ3v) is 5.94. The highest BCUT2D eigenvalue weighted by Crippen LogP contribution is 2.37. The molecule has 156 valence electrons. The lowest BCUT2D eigenvalue weighted by molar-refractivity contribution is -0.183. The van der Waals surface area contributed by atoms with Crippen LogP contribution in [0.5, 0.6) is 0 Å². The number of carbonyl (C=O) groups is 1. The molecular weight excluding hydrogens is 386 g/mol. The molecule has 1 amide bonds. The zero-order valence-electron chi connectivity index (χ0n) is 15.9. The van der Waals surface area contributed by atoms with Gasteiger partial charge in [-0.2, -0.15) is 18.3 Å². The monoisotopic (exact) mass is 409 g/mol. The summed E-state index contributed by atoms with van der Waals surface area (Å²) in [6.07, 6.45) is 0.143. The van der Waals surface area contributed by atoms with Gasteiger partial charge in [0.15, 0.2) is 5.69 Å². The third kappa shape index (κ3) is 4.16. The Kier molecular flexibility index (Phi) is 5.36. The molecule has 29 heavy (non-hydrogen) atoms. The number of aromatic nitrogens is 2. The van der Waals surface area contributed by atoms with E-state index < -0.39 is 24.0 Å². The average molecular weight is 409 g/mol. The van der Waals surface area contributed by atoms with Crippen molar-refractivity contribution >= 4 is 5.91 Å². The van der Waals surface area contributed by atoms with E-state index >= 15 is 0 Å². The van der Waals surface area contributed by atoms with Gasteiger partial charge in [-0.1, -0.05) is 6.42 Å². The molecule has 2 unspecified atom stereocenters. The number of fused-ring (bicyclic) bond motifs is 1. The number of halogens is 4. The number of hydrogen-bond donors (Lipinski definition) is 1. The van der Waals surface area contributed by atoms with Crippen LogP contribution in [0.3, 0.4) is 0 Å². The fourth-order valence-corrected chi connectivity index (χ4v) is 4.45. The molecule has 2 atom stereocenters. The van der Waals surface area contributed by atoms with Gasteiger partial charge in [-0.3, -0.25) is 4.79 Å². The van der Waals surface area contributed by atoms with Crippen LogP contribution in [0, 0.1) is 11.7 Å². The second-order valence-corrected chi connectivity index (χ2v) is 7.94. The fourth-order valence-electron chi connectivity index (χ4n) is 4.45.